The van der Waals surface area contributed by atoms with Gasteiger partial charge in [-0.1, -0.05) is 17.7 Å². The summed E-state index contributed by atoms with van der Waals surface area (Å²) >= 11 is 1.57. The lowest BCUT2D eigenvalue weighted by atomic mass is 9.76. The van der Waals surface area contributed by atoms with Gasteiger partial charge in [0.2, 0.25) is 0 Å². The zero-order chi connectivity index (χ0) is 18.3. The highest BCUT2D eigenvalue weighted by Gasteiger charge is 2.40. The van der Waals surface area contributed by atoms with E-state index in [1.54, 1.807) is 11.3 Å². The fraction of sp³-hybridized carbons (Fsp3) is 0.238. The first-order valence-corrected chi connectivity index (χ1v) is 9.61. The van der Waals surface area contributed by atoms with Gasteiger partial charge in [0.25, 0.3) is 0 Å². The van der Waals surface area contributed by atoms with Crippen molar-refractivity contribution in [3.05, 3.63) is 74.9 Å². The zero-order valence-corrected chi connectivity index (χ0v) is 15.3. The number of carbonyl (C=O) groups is 1. The van der Waals surface area contributed by atoms with Gasteiger partial charge in [-0.25, -0.2) is 0 Å². The van der Waals surface area contributed by atoms with Crippen molar-refractivity contribution in [2.75, 3.05) is 4.90 Å². The Balaban J connectivity index is 1.96. The van der Waals surface area contributed by atoms with Gasteiger partial charge in [-0.05, 0) is 54.3 Å². The Morgan fingerprint density at radius 3 is 2.65 bits per heavy atom. The largest absolute Gasteiger partial charge is 0.384 e. The number of nitrogens with two attached hydrogens (primary N) is 1. The number of allylic oxidation sites excluding steroid dienone is 3. The monoisotopic (exact) mass is 361 g/mol. The van der Waals surface area contributed by atoms with Gasteiger partial charge in [0, 0.05) is 23.4 Å². The number of aryl methyl sites for hydroxylation is 1. The third-order valence-electron chi connectivity index (χ3n) is 5.08. The number of thiophene rings is 1. The van der Waals surface area contributed by atoms with Crippen molar-refractivity contribution < 1.29 is 4.79 Å². The molecule has 0 radical (unpaired) electrons. The second-order valence-corrected chi connectivity index (χ2v) is 7.49. The van der Waals surface area contributed by atoms with E-state index in [2.05, 4.69) is 6.07 Å². The maximum absolute atomic E-state index is 12.9. The predicted molar refractivity (Wildman–Crippen MR) is 103 cm³/mol. The molecule has 0 bridgehead atoms. The highest BCUT2D eigenvalue weighted by molar-refractivity contribution is 7.08. The number of Topliss-reactive ketones (excluding diaryl/α,β-unsaturated/α-hetero) is 1. The number of anilines is 1. The van der Waals surface area contributed by atoms with Crippen molar-refractivity contribution >= 4 is 22.8 Å². The summed E-state index contributed by atoms with van der Waals surface area (Å²) in [5, 5.41) is 13.8. The number of nitrogens with zero attached hydrogens (tertiary/aromatic N) is 2. The molecule has 2 heterocycles. The second kappa shape index (κ2) is 6.47. The summed E-state index contributed by atoms with van der Waals surface area (Å²) in [6.45, 7) is 2.03. The maximum Gasteiger partial charge on any atom is 0.161 e. The van der Waals surface area contributed by atoms with E-state index in [1.165, 1.54) is 0 Å². The number of hydrogen-bond donors (Lipinski definition) is 1. The van der Waals surface area contributed by atoms with Crippen molar-refractivity contribution in [3.63, 3.8) is 0 Å². The highest BCUT2D eigenvalue weighted by atomic mass is 32.1. The third kappa shape index (κ3) is 2.54. The quantitative estimate of drug-likeness (QED) is 0.863. The van der Waals surface area contributed by atoms with Gasteiger partial charge in [0.15, 0.2) is 5.78 Å². The second-order valence-electron chi connectivity index (χ2n) is 6.71. The van der Waals surface area contributed by atoms with E-state index in [1.807, 2.05) is 52.9 Å². The Morgan fingerprint density at radius 2 is 2.00 bits per heavy atom. The van der Waals surface area contributed by atoms with Gasteiger partial charge >= 0.3 is 0 Å². The highest BCUT2D eigenvalue weighted by Crippen LogP contribution is 2.46. The normalized spacial score (nSPS) is 20.2. The Labute approximate surface area is 156 Å². The summed E-state index contributed by atoms with van der Waals surface area (Å²) in [6, 6.07) is 12.3. The summed E-state index contributed by atoms with van der Waals surface area (Å²) in [5.41, 5.74) is 11.6. The van der Waals surface area contributed by atoms with Crippen molar-refractivity contribution in [1.82, 2.24) is 0 Å². The van der Waals surface area contributed by atoms with E-state index >= 15 is 0 Å². The molecule has 2 aromatic rings. The molecule has 130 valence electrons. The molecule has 0 amide bonds. The van der Waals surface area contributed by atoms with Crippen molar-refractivity contribution in [1.29, 1.82) is 5.26 Å². The minimum absolute atomic E-state index is 0.125. The standard InChI is InChI=1S/C21H19N3OS/c1-13-5-7-15(8-6-13)24-17-3-2-4-18(25)20(17)19(14-9-10-26-12-14)16(11-22)21(24)23/h5-10,12,19H,2-4,23H2,1H3/t19-/m1/s1. The molecule has 0 unspecified atom stereocenters. The summed E-state index contributed by atoms with van der Waals surface area (Å²) in [5.74, 6) is 0.205. The van der Waals surface area contributed by atoms with Crippen LogP contribution in [0.25, 0.3) is 0 Å². The summed E-state index contributed by atoms with van der Waals surface area (Å²) in [7, 11) is 0. The molecule has 2 aliphatic rings. The lowest BCUT2D eigenvalue weighted by Gasteiger charge is -2.39. The van der Waals surface area contributed by atoms with E-state index in [0.29, 0.717) is 17.8 Å². The number of nitriles is 1. The fourth-order valence-corrected chi connectivity index (χ4v) is 4.53. The number of carbonyl (C=O) groups excluding carboxylic acids is 1. The molecule has 5 heteroatoms. The van der Waals surface area contributed by atoms with Crippen molar-refractivity contribution in [2.45, 2.75) is 32.1 Å². The molecule has 0 saturated heterocycles. The first-order chi connectivity index (χ1) is 12.6. The zero-order valence-electron chi connectivity index (χ0n) is 14.5. The average Bonchev–Trinajstić information content (AvgIpc) is 3.16. The molecule has 1 aromatic carbocycles. The molecule has 0 saturated carbocycles. The summed E-state index contributed by atoms with van der Waals surface area (Å²) in [6.07, 6.45) is 2.13. The predicted octanol–water partition coefficient (Wildman–Crippen LogP) is 4.36. The molecule has 1 aromatic heterocycles. The van der Waals surface area contributed by atoms with E-state index in [4.69, 9.17) is 5.73 Å². The SMILES string of the molecule is Cc1ccc(N2C(N)=C(C#N)[C@@H](c3ccsc3)C3=C2CCCC3=O)cc1. The molecule has 4 nitrogen and oxygen atoms in total. The molecule has 0 fully saturated rings. The van der Waals surface area contributed by atoms with E-state index < -0.39 is 0 Å². The van der Waals surface area contributed by atoms with Crippen LogP contribution >= 0.6 is 11.3 Å². The van der Waals surface area contributed by atoms with Crippen LogP contribution < -0.4 is 10.6 Å². The molecule has 26 heavy (non-hydrogen) atoms. The van der Waals surface area contributed by atoms with Gasteiger partial charge in [0.05, 0.1) is 17.6 Å². The molecule has 2 N–H and O–H groups in total. The fourth-order valence-electron chi connectivity index (χ4n) is 3.85. The maximum atomic E-state index is 12.9. The van der Waals surface area contributed by atoms with Crippen LogP contribution in [-0.4, -0.2) is 5.78 Å². The van der Waals surface area contributed by atoms with Crippen LogP contribution in [0, 0.1) is 18.3 Å². The van der Waals surface area contributed by atoms with Crippen LogP contribution in [0.3, 0.4) is 0 Å². The van der Waals surface area contributed by atoms with Crippen LogP contribution in [0.4, 0.5) is 5.69 Å². The number of hydrogen-bond acceptors (Lipinski definition) is 5. The van der Waals surface area contributed by atoms with Gasteiger partial charge in [-0.3, -0.25) is 9.69 Å². The first kappa shape index (κ1) is 16.6. The molecular formula is C21H19N3OS. The van der Waals surface area contributed by atoms with Crippen LogP contribution in [0.2, 0.25) is 0 Å². The van der Waals surface area contributed by atoms with Crippen LogP contribution in [0.15, 0.2) is 63.8 Å². The van der Waals surface area contributed by atoms with Gasteiger partial charge in [-0.2, -0.15) is 16.6 Å². The van der Waals surface area contributed by atoms with Crippen LogP contribution in [0.1, 0.15) is 36.3 Å². The van der Waals surface area contributed by atoms with Crippen molar-refractivity contribution in [3.8, 4) is 6.07 Å². The summed E-state index contributed by atoms with van der Waals surface area (Å²) < 4.78 is 0. The van der Waals surface area contributed by atoms with Crippen LogP contribution in [0.5, 0.6) is 0 Å². The third-order valence-corrected chi connectivity index (χ3v) is 5.78. The van der Waals surface area contributed by atoms with Crippen LogP contribution in [-0.2, 0) is 4.79 Å². The number of benzene rings is 1. The van der Waals surface area contributed by atoms with Crippen molar-refractivity contribution in [2.24, 2.45) is 5.73 Å². The topological polar surface area (TPSA) is 70.1 Å². The Bertz CT molecular complexity index is 962. The van der Waals surface area contributed by atoms with E-state index in [0.717, 1.165) is 40.9 Å². The minimum Gasteiger partial charge on any atom is -0.384 e. The molecule has 1 aliphatic carbocycles. The minimum atomic E-state index is -0.351. The number of rotatable bonds is 2. The first-order valence-electron chi connectivity index (χ1n) is 8.66. The average molecular weight is 361 g/mol. The van der Waals surface area contributed by atoms with E-state index in [-0.39, 0.29) is 11.7 Å². The molecular weight excluding hydrogens is 342 g/mol. The lowest BCUT2D eigenvalue weighted by molar-refractivity contribution is -0.116. The molecule has 4 rings (SSSR count). The smallest absolute Gasteiger partial charge is 0.161 e. The summed E-state index contributed by atoms with van der Waals surface area (Å²) in [4.78, 5) is 14.8. The van der Waals surface area contributed by atoms with E-state index in [9.17, 15) is 10.1 Å². The molecule has 0 spiro atoms. The Kier molecular flexibility index (Phi) is 4.14. The number of ketones is 1. The molecule has 1 atom stereocenters. The van der Waals surface area contributed by atoms with Gasteiger partial charge in [-0.15, -0.1) is 0 Å². The van der Waals surface area contributed by atoms with Gasteiger partial charge < -0.3 is 5.73 Å². The Hall–Kier alpha value is -2.84. The molecule has 1 aliphatic heterocycles. The Morgan fingerprint density at radius 1 is 1.23 bits per heavy atom. The lowest BCUT2D eigenvalue weighted by Crippen LogP contribution is -2.38. The van der Waals surface area contributed by atoms with Gasteiger partial charge in [0.1, 0.15) is 5.82 Å².